The summed E-state index contributed by atoms with van der Waals surface area (Å²) < 4.78 is 65.8. The fraction of sp³-hybridized carbons (Fsp3) is 1.00. The van der Waals surface area contributed by atoms with Crippen LogP contribution in [-0.2, 0) is 20.2 Å². The molecule has 0 saturated heterocycles. The molecule has 0 aromatic rings. The lowest BCUT2D eigenvalue weighted by atomic mass is 9.88. The van der Waals surface area contributed by atoms with Crippen LogP contribution in [0.25, 0.3) is 0 Å². The van der Waals surface area contributed by atoms with Gasteiger partial charge in [0.15, 0.2) is 0 Å². The number of hydrogen-bond donors (Lipinski definition) is 2. The molecule has 2 unspecified atom stereocenters. The van der Waals surface area contributed by atoms with E-state index >= 15 is 0 Å². The maximum absolute atomic E-state index is 12.2. The fourth-order valence-corrected chi connectivity index (χ4v) is 7.36. The minimum absolute atomic E-state index is 0.318. The number of rotatable bonds is 14. The standard InChI is InChI=1S/C17H36O6S2/c1-5-7-9-11-13-15(3)17(24(18,19)20,25(21,22)23)16(4)14-12-10-8-6-2/h15-16H,5-14H2,1-4H3,(H,18,19,20)(H,21,22,23). The molecule has 0 amide bonds. The molecule has 0 aliphatic rings. The van der Waals surface area contributed by atoms with Crippen molar-refractivity contribution in [2.24, 2.45) is 11.8 Å². The van der Waals surface area contributed by atoms with E-state index in [1.807, 2.05) is 13.8 Å². The Hall–Kier alpha value is -0.180. The van der Waals surface area contributed by atoms with E-state index in [4.69, 9.17) is 0 Å². The van der Waals surface area contributed by atoms with Crippen molar-refractivity contribution in [1.29, 1.82) is 0 Å². The SMILES string of the molecule is CCCCCCC(C)C(C(C)CCCCCC)(S(=O)(=O)O)S(=O)(=O)O. The van der Waals surface area contributed by atoms with Crippen LogP contribution in [0.5, 0.6) is 0 Å². The lowest BCUT2D eigenvalue weighted by molar-refractivity contribution is 0.279. The van der Waals surface area contributed by atoms with E-state index in [0.717, 1.165) is 38.5 Å². The van der Waals surface area contributed by atoms with Crippen molar-refractivity contribution in [3.63, 3.8) is 0 Å². The lowest BCUT2D eigenvalue weighted by Crippen LogP contribution is -2.55. The Morgan fingerprint density at radius 3 is 1.24 bits per heavy atom. The summed E-state index contributed by atoms with van der Waals surface area (Å²) >= 11 is 0. The molecule has 0 radical (unpaired) electrons. The van der Waals surface area contributed by atoms with E-state index in [-0.39, 0.29) is 0 Å². The average molecular weight is 401 g/mol. The maximum Gasteiger partial charge on any atom is 0.288 e. The molecule has 152 valence electrons. The molecule has 2 atom stereocenters. The zero-order valence-electron chi connectivity index (χ0n) is 16.1. The van der Waals surface area contributed by atoms with Crippen molar-refractivity contribution in [3.8, 4) is 0 Å². The second-order valence-electron chi connectivity index (χ2n) is 7.17. The average Bonchev–Trinajstić information content (AvgIpc) is 2.45. The second-order valence-corrected chi connectivity index (χ2v) is 10.7. The molecule has 2 N–H and O–H groups in total. The summed E-state index contributed by atoms with van der Waals surface area (Å²) in [4.78, 5) is 0. The lowest BCUT2D eigenvalue weighted by Gasteiger charge is -2.38. The molecule has 0 aromatic heterocycles. The summed E-state index contributed by atoms with van der Waals surface area (Å²) in [6.07, 6.45) is 7.63. The van der Waals surface area contributed by atoms with Crippen LogP contribution < -0.4 is 0 Å². The van der Waals surface area contributed by atoms with Crippen molar-refractivity contribution >= 4 is 20.2 Å². The molecule has 0 spiro atoms. The highest BCUT2D eigenvalue weighted by Crippen LogP contribution is 2.43. The van der Waals surface area contributed by atoms with Gasteiger partial charge in [0.05, 0.1) is 0 Å². The molecule has 0 rings (SSSR count). The van der Waals surface area contributed by atoms with E-state index in [0.29, 0.717) is 25.7 Å². The molecule has 8 heteroatoms. The minimum Gasteiger partial charge on any atom is -0.284 e. The second kappa shape index (κ2) is 10.8. The molecule has 0 bridgehead atoms. The zero-order chi connectivity index (χ0) is 19.7. The van der Waals surface area contributed by atoms with Crippen LogP contribution in [0.1, 0.15) is 91.9 Å². The first-order valence-corrected chi connectivity index (χ1v) is 12.3. The van der Waals surface area contributed by atoms with Gasteiger partial charge in [0, 0.05) is 0 Å². The monoisotopic (exact) mass is 400 g/mol. The summed E-state index contributed by atoms with van der Waals surface area (Å²) in [7, 11) is -10.0. The molecule has 0 heterocycles. The van der Waals surface area contributed by atoms with Gasteiger partial charge in [-0.05, 0) is 24.7 Å². The van der Waals surface area contributed by atoms with E-state index in [1.54, 1.807) is 0 Å². The van der Waals surface area contributed by atoms with Crippen LogP contribution in [-0.4, -0.2) is 30.0 Å². The highest BCUT2D eigenvalue weighted by Gasteiger charge is 2.61. The number of unbranched alkanes of at least 4 members (excludes halogenated alkanes) is 6. The third kappa shape index (κ3) is 6.48. The van der Waals surface area contributed by atoms with Gasteiger partial charge in [0.25, 0.3) is 20.2 Å². The van der Waals surface area contributed by atoms with Gasteiger partial charge < -0.3 is 0 Å². The van der Waals surface area contributed by atoms with Crippen molar-refractivity contribution < 1.29 is 25.9 Å². The molecular weight excluding hydrogens is 364 g/mol. The molecule has 0 aromatic carbocycles. The van der Waals surface area contributed by atoms with Crippen LogP contribution in [0.4, 0.5) is 0 Å². The molecule has 0 saturated carbocycles. The number of hydrogen-bond acceptors (Lipinski definition) is 4. The summed E-state index contributed by atoms with van der Waals surface area (Å²) in [6.45, 7) is 7.08. The van der Waals surface area contributed by atoms with E-state index in [9.17, 15) is 25.9 Å². The van der Waals surface area contributed by atoms with Gasteiger partial charge in [0.2, 0.25) is 4.08 Å². The third-order valence-electron chi connectivity index (χ3n) is 5.16. The summed E-state index contributed by atoms with van der Waals surface area (Å²) in [5.74, 6) is -1.79. The molecule has 0 aliphatic heterocycles. The summed E-state index contributed by atoms with van der Waals surface area (Å²) in [5, 5.41) is 0. The van der Waals surface area contributed by atoms with Gasteiger partial charge in [-0.25, -0.2) is 0 Å². The molecule has 0 fully saturated rings. The molecule has 25 heavy (non-hydrogen) atoms. The normalized spacial score (nSPS) is 15.9. The summed E-state index contributed by atoms with van der Waals surface area (Å²) in [6, 6.07) is 0. The Labute approximate surface area is 154 Å². The Morgan fingerprint density at radius 1 is 0.680 bits per heavy atom. The van der Waals surface area contributed by atoms with Crippen molar-refractivity contribution in [2.75, 3.05) is 0 Å². The molecule has 6 nitrogen and oxygen atoms in total. The third-order valence-corrected chi connectivity index (χ3v) is 9.65. The molecule has 0 aliphatic carbocycles. The predicted octanol–water partition coefficient (Wildman–Crippen LogP) is 4.67. The van der Waals surface area contributed by atoms with Crippen molar-refractivity contribution in [2.45, 2.75) is 96.0 Å². The first-order valence-electron chi connectivity index (χ1n) is 9.40. The van der Waals surface area contributed by atoms with Crippen LogP contribution in [0, 0.1) is 11.8 Å². The van der Waals surface area contributed by atoms with Crippen molar-refractivity contribution in [1.82, 2.24) is 0 Å². The van der Waals surface area contributed by atoms with Gasteiger partial charge >= 0.3 is 0 Å². The molecular formula is C17H36O6S2. The van der Waals surface area contributed by atoms with Crippen molar-refractivity contribution in [3.05, 3.63) is 0 Å². The van der Waals surface area contributed by atoms with Gasteiger partial charge in [-0.1, -0.05) is 79.1 Å². The Bertz CT molecular complexity index is 516. The summed E-state index contributed by atoms with van der Waals surface area (Å²) in [5.41, 5.74) is 0. The largest absolute Gasteiger partial charge is 0.288 e. The van der Waals surface area contributed by atoms with Gasteiger partial charge in [-0.3, -0.25) is 9.11 Å². The fourth-order valence-electron chi connectivity index (χ4n) is 3.79. The zero-order valence-corrected chi connectivity index (χ0v) is 17.7. The van der Waals surface area contributed by atoms with Crippen LogP contribution in [0.2, 0.25) is 0 Å². The topological polar surface area (TPSA) is 109 Å². The first kappa shape index (κ1) is 24.8. The smallest absolute Gasteiger partial charge is 0.284 e. The van der Waals surface area contributed by atoms with Crippen LogP contribution in [0.3, 0.4) is 0 Å². The predicted molar refractivity (Wildman–Crippen MR) is 102 cm³/mol. The Balaban J connectivity index is 5.62. The minimum atomic E-state index is -5.01. The van der Waals surface area contributed by atoms with Crippen LogP contribution >= 0.6 is 0 Å². The van der Waals surface area contributed by atoms with E-state index in [2.05, 4.69) is 0 Å². The maximum atomic E-state index is 12.2. The highest BCUT2D eigenvalue weighted by molar-refractivity contribution is 8.05. The van der Waals surface area contributed by atoms with Gasteiger partial charge in [0.1, 0.15) is 0 Å². The Kier molecular flexibility index (Phi) is 10.8. The Morgan fingerprint density at radius 2 is 1.00 bits per heavy atom. The first-order chi connectivity index (χ1) is 11.5. The quantitative estimate of drug-likeness (QED) is 0.324. The van der Waals surface area contributed by atoms with E-state index < -0.39 is 36.2 Å². The van der Waals surface area contributed by atoms with Gasteiger partial charge in [-0.2, -0.15) is 16.8 Å². The van der Waals surface area contributed by atoms with Gasteiger partial charge in [-0.15, -0.1) is 0 Å². The van der Waals surface area contributed by atoms with Crippen LogP contribution in [0.15, 0.2) is 0 Å². The highest BCUT2D eigenvalue weighted by atomic mass is 32.3. The van der Waals surface area contributed by atoms with E-state index in [1.165, 1.54) is 13.8 Å².